The Morgan fingerprint density at radius 2 is 1.14 bits per heavy atom. The van der Waals surface area contributed by atoms with Crippen LogP contribution in [0.5, 0.6) is 0 Å². The topological polar surface area (TPSA) is 60.2 Å². The molecule has 0 radical (unpaired) electrons. The Balaban J connectivity index is 2.84. The number of hydrogen-bond acceptors (Lipinski definition) is 3. The maximum atomic E-state index is 13.1. The fourth-order valence-electron chi connectivity index (χ4n) is 2.21. The molecule has 2 N–H and O–H groups in total. The molecule has 154 valence electrons. The molecule has 0 unspecified atom stereocenters. The molecule has 0 saturated heterocycles. The van der Waals surface area contributed by atoms with Gasteiger partial charge in [0.15, 0.2) is 0 Å². The van der Waals surface area contributed by atoms with Crippen molar-refractivity contribution in [1.82, 2.24) is 0 Å². The Hall–Kier alpha value is -2.44. The summed E-state index contributed by atoms with van der Waals surface area (Å²) in [5.74, 6) is 0. The van der Waals surface area contributed by atoms with Crippen LogP contribution < -0.4 is 5.73 Å². The zero-order valence-corrected chi connectivity index (χ0v) is 14.0. The lowest BCUT2D eigenvalue weighted by atomic mass is 10.1. The van der Waals surface area contributed by atoms with Gasteiger partial charge in [-0.1, -0.05) is 0 Å². The molecule has 0 aliphatic rings. The highest BCUT2D eigenvalue weighted by Crippen LogP contribution is 2.41. The van der Waals surface area contributed by atoms with Crippen molar-refractivity contribution in [2.24, 2.45) is 0 Å². The first-order valence-electron chi connectivity index (χ1n) is 6.95. The number of halogens is 9. The minimum atomic E-state index is -5.41. The number of nitrogens with two attached hydrogens (primary N) is 1. The van der Waals surface area contributed by atoms with Crippen molar-refractivity contribution in [3.63, 3.8) is 0 Å². The smallest absolute Gasteiger partial charge is 0.399 e. The Kier molecular flexibility index (Phi) is 5.13. The standard InChI is InChI=1S/C15H8F9NO2S/c16-13(17,18)7-3-8(14(19,20)21)5-10(4-7)28(26,27)12-2-1-9(25)6-11(12)15(22,23)24/h1-6H,25H2. The summed E-state index contributed by atoms with van der Waals surface area (Å²) in [5.41, 5.74) is -1.12. The molecule has 0 fully saturated rings. The van der Waals surface area contributed by atoms with Crippen LogP contribution in [-0.4, -0.2) is 8.42 Å². The second kappa shape index (κ2) is 6.57. The summed E-state index contributed by atoms with van der Waals surface area (Å²) in [6, 6.07) is 0.626. The average Bonchev–Trinajstić information content (AvgIpc) is 2.51. The fourth-order valence-corrected chi connectivity index (χ4v) is 3.74. The van der Waals surface area contributed by atoms with Gasteiger partial charge >= 0.3 is 18.5 Å². The number of nitrogen functional groups attached to an aromatic ring is 1. The minimum Gasteiger partial charge on any atom is -0.399 e. The van der Waals surface area contributed by atoms with Crippen molar-refractivity contribution in [3.05, 3.63) is 53.1 Å². The fraction of sp³-hybridized carbons (Fsp3) is 0.200. The van der Waals surface area contributed by atoms with Crippen molar-refractivity contribution in [2.75, 3.05) is 5.73 Å². The van der Waals surface area contributed by atoms with Crippen molar-refractivity contribution in [3.8, 4) is 0 Å². The third kappa shape index (κ3) is 4.34. The molecule has 0 spiro atoms. The maximum absolute atomic E-state index is 13.1. The van der Waals surface area contributed by atoms with Crippen molar-refractivity contribution in [1.29, 1.82) is 0 Å². The van der Waals surface area contributed by atoms with E-state index in [-0.39, 0.29) is 24.3 Å². The van der Waals surface area contributed by atoms with E-state index in [0.29, 0.717) is 6.07 Å². The van der Waals surface area contributed by atoms with Crippen LogP contribution in [-0.2, 0) is 28.4 Å². The molecule has 0 amide bonds. The summed E-state index contributed by atoms with van der Waals surface area (Å²) in [6.07, 6.45) is -16.0. The van der Waals surface area contributed by atoms with E-state index < -0.39 is 60.5 Å². The normalized spacial score (nSPS) is 13.6. The van der Waals surface area contributed by atoms with Crippen molar-refractivity contribution < 1.29 is 47.9 Å². The Morgan fingerprint density at radius 3 is 1.54 bits per heavy atom. The Bertz CT molecular complexity index is 973. The van der Waals surface area contributed by atoms with Crippen molar-refractivity contribution >= 4 is 15.5 Å². The Labute approximate surface area is 151 Å². The minimum absolute atomic E-state index is 0.166. The highest BCUT2D eigenvalue weighted by atomic mass is 32.2. The van der Waals surface area contributed by atoms with Gasteiger partial charge in [-0.05, 0) is 36.4 Å². The van der Waals surface area contributed by atoms with Gasteiger partial charge in [0, 0.05) is 5.69 Å². The number of benzene rings is 2. The van der Waals surface area contributed by atoms with E-state index in [1.165, 1.54) is 0 Å². The second-order valence-electron chi connectivity index (χ2n) is 5.50. The van der Waals surface area contributed by atoms with Crippen LogP contribution in [0, 0.1) is 0 Å². The SMILES string of the molecule is Nc1ccc(S(=O)(=O)c2cc(C(F)(F)F)cc(C(F)(F)F)c2)c(C(F)(F)F)c1. The molecule has 2 aromatic carbocycles. The van der Waals surface area contributed by atoms with E-state index in [0.717, 1.165) is 6.07 Å². The molecule has 0 atom stereocenters. The van der Waals surface area contributed by atoms with Crippen LogP contribution in [0.25, 0.3) is 0 Å². The summed E-state index contributed by atoms with van der Waals surface area (Å²) < 4.78 is 142. The van der Waals surface area contributed by atoms with E-state index in [4.69, 9.17) is 5.73 Å². The zero-order chi connectivity index (χ0) is 21.7. The largest absolute Gasteiger partial charge is 0.417 e. The van der Waals surface area contributed by atoms with Crippen LogP contribution in [0.1, 0.15) is 16.7 Å². The third-order valence-corrected chi connectivity index (χ3v) is 5.26. The van der Waals surface area contributed by atoms with Gasteiger partial charge in [-0.2, -0.15) is 39.5 Å². The van der Waals surface area contributed by atoms with Crippen LogP contribution in [0.2, 0.25) is 0 Å². The molecule has 0 bridgehead atoms. The summed E-state index contributed by atoms with van der Waals surface area (Å²) in [7, 11) is -5.41. The first-order chi connectivity index (χ1) is 12.4. The van der Waals surface area contributed by atoms with Gasteiger partial charge in [-0.25, -0.2) is 8.42 Å². The first kappa shape index (κ1) is 21.9. The average molecular weight is 437 g/mol. The number of hydrogen-bond donors (Lipinski definition) is 1. The highest BCUT2D eigenvalue weighted by Gasteiger charge is 2.41. The van der Waals surface area contributed by atoms with E-state index in [1.807, 2.05) is 0 Å². The Morgan fingerprint density at radius 1 is 0.679 bits per heavy atom. The summed E-state index contributed by atoms with van der Waals surface area (Å²) in [4.78, 5) is -3.12. The number of sulfone groups is 1. The highest BCUT2D eigenvalue weighted by molar-refractivity contribution is 7.91. The first-order valence-corrected chi connectivity index (χ1v) is 8.43. The van der Waals surface area contributed by atoms with Crippen LogP contribution in [0.4, 0.5) is 45.2 Å². The number of anilines is 1. The third-order valence-electron chi connectivity index (χ3n) is 3.47. The lowest BCUT2D eigenvalue weighted by Crippen LogP contribution is -2.17. The second-order valence-corrected chi connectivity index (χ2v) is 7.42. The van der Waals surface area contributed by atoms with Gasteiger partial charge in [0.25, 0.3) is 0 Å². The molecule has 3 nitrogen and oxygen atoms in total. The van der Waals surface area contributed by atoms with Gasteiger partial charge in [0.1, 0.15) is 0 Å². The molecular formula is C15H8F9NO2S. The molecule has 2 aromatic rings. The maximum Gasteiger partial charge on any atom is 0.417 e. The molecule has 0 aliphatic carbocycles. The molecule has 28 heavy (non-hydrogen) atoms. The van der Waals surface area contributed by atoms with E-state index in [1.54, 1.807) is 0 Å². The number of alkyl halides is 9. The van der Waals surface area contributed by atoms with Crippen LogP contribution in [0.3, 0.4) is 0 Å². The van der Waals surface area contributed by atoms with E-state index in [9.17, 15) is 47.9 Å². The monoisotopic (exact) mass is 437 g/mol. The lowest BCUT2D eigenvalue weighted by Gasteiger charge is -2.17. The van der Waals surface area contributed by atoms with Crippen LogP contribution >= 0.6 is 0 Å². The van der Waals surface area contributed by atoms with Gasteiger partial charge < -0.3 is 5.73 Å². The predicted molar refractivity (Wildman–Crippen MR) is 77.8 cm³/mol. The van der Waals surface area contributed by atoms with Gasteiger partial charge in [0.05, 0.1) is 26.5 Å². The summed E-state index contributed by atoms with van der Waals surface area (Å²) in [5, 5.41) is 0. The van der Waals surface area contributed by atoms with Gasteiger partial charge in [-0.3, -0.25) is 0 Å². The molecule has 0 aliphatic heterocycles. The molecule has 0 aromatic heterocycles. The quantitative estimate of drug-likeness (QED) is 0.522. The van der Waals surface area contributed by atoms with Crippen molar-refractivity contribution in [2.45, 2.75) is 28.3 Å². The molecule has 13 heteroatoms. The zero-order valence-electron chi connectivity index (χ0n) is 13.2. The molecule has 2 rings (SSSR count). The van der Waals surface area contributed by atoms with Gasteiger partial charge in [-0.15, -0.1) is 0 Å². The molecular weight excluding hydrogens is 429 g/mol. The number of rotatable bonds is 2. The van der Waals surface area contributed by atoms with Crippen LogP contribution in [0.15, 0.2) is 46.2 Å². The van der Waals surface area contributed by atoms with E-state index in [2.05, 4.69) is 0 Å². The predicted octanol–water partition coefficient (Wildman–Crippen LogP) is 5.16. The summed E-state index contributed by atoms with van der Waals surface area (Å²) in [6.45, 7) is 0. The van der Waals surface area contributed by atoms with E-state index >= 15 is 0 Å². The lowest BCUT2D eigenvalue weighted by molar-refractivity contribution is -0.143. The van der Waals surface area contributed by atoms with Gasteiger partial charge in [0.2, 0.25) is 9.84 Å². The summed E-state index contributed by atoms with van der Waals surface area (Å²) >= 11 is 0. The molecule has 0 heterocycles. The molecule has 0 saturated carbocycles.